The van der Waals surface area contributed by atoms with Crippen molar-refractivity contribution in [2.24, 2.45) is 0 Å². The topological polar surface area (TPSA) is 38.8 Å². The number of amides is 1. The molecule has 0 saturated carbocycles. The number of benzene rings is 1. The molecule has 1 aliphatic rings. The number of ether oxygens (including phenoxy) is 2. The van der Waals surface area contributed by atoms with Crippen LogP contribution in [0.15, 0.2) is 35.7 Å². The average Bonchev–Trinajstić information content (AvgIpc) is 3.23. The molecule has 4 nitrogen and oxygen atoms in total. The van der Waals surface area contributed by atoms with E-state index in [9.17, 15) is 4.79 Å². The van der Waals surface area contributed by atoms with Crippen molar-refractivity contribution in [2.45, 2.75) is 18.9 Å². The van der Waals surface area contributed by atoms with Gasteiger partial charge >= 0.3 is 0 Å². The summed E-state index contributed by atoms with van der Waals surface area (Å²) in [5, 5.41) is 2.06. The van der Waals surface area contributed by atoms with Crippen LogP contribution in [0.4, 0.5) is 0 Å². The highest BCUT2D eigenvalue weighted by atomic mass is 32.1. The Balaban J connectivity index is 1.94. The number of hydrogen-bond donors (Lipinski definition) is 0. The summed E-state index contributed by atoms with van der Waals surface area (Å²) >= 11 is 1.70. The minimum atomic E-state index is 0.00616. The van der Waals surface area contributed by atoms with E-state index < -0.39 is 0 Å². The second-order valence-electron chi connectivity index (χ2n) is 5.21. The zero-order valence-electron chi connectivity index (χ0n) is 12.7. The molecular formula is C17H19NO3S. The SMILES string of the molecule is COc1cccc(C(=O)N2CCC[C@@H]2c2cccs2)c1OC. The van der Waals surface area contributed by atoms with Crippen molar-refractivity contribution in [3.8, 4) is 11.5 Å². The van der Waals surface area contributed by atoms with Gasteiger partial charge in [0.05, 0.1) is 25.8 Å². The minimum absolute atomic E-state index is 0.00616. The molecule has 1 atom stereocenters. The van der Waals surface area contributed by atoms with E-state index in [4.69, 9.17) is 9.47 Å². The lowest BCUT2D eigenvalue weighted by Gasteiger charge is -2.25. The van der Waals surface area contributed by atoms with Crippen molar-refractivity contribution in [3.63, 3.8) is 0 Å². The molecule has 0 N–H and O–H groups in total. The maximum absolute atomic E-state index is 13.0. The van der Waals surface area contributed by atoms with Crippen molar-refractivity contribution >= 4 is 17.2 Å². The van der Waals surface area contributed by atoms with Crippen LogP contribution in [0.2, 0.25) is 0 Å². The fourth-order valence-corrected chi connectivity index (χ4v) is 3.87. The van der Waals surface area contributed by atoms with Gasteiger partial charge in [-0.25, -0.2) is 0 Å². The van der Waals surface area contributed by atoms with E-state index >= 15 is 0 Å². The lowest BCUT2D eigenvalue weighted by atomic mass is 10.1. The molecule has 0 spiro atoms. The van der Waals surface area contributed by atoms with E-state index in [2.05, 4.69) is 11.4 Å². The highest BCUT2D eigenvalue weighted by molar-refractivity contribution is 7.10. The summed E-state index contributed by atoms with van der Waals surface area (Å²) in [6.07, 6.45) is 2.04. The van der Waals surface area contributed by atoms with E-state index in [0.29, 0.717) is 17.1 Å². The molecule has 22 heavy (non-hydrogen) atoms. The monoisotopic (exact) mass is 317 g/mol. The van der Waals surface area contributed by atoms with E-state index in [0.717, 1.165) is 19.4 Å². The van der Waals surface area contributed by atoms with E-state index in [1.165, 1.54) is 4.88 Å². The Morgan fingerprint density at radius 3 is 2.77 bits per heavy atom. The average molecular weight is 317 g/mol. The van der Waals surface area contributed by atoms with E-state index in [1.807, 2.05) is 17.0 Å². The predicted octanol–water partition coefficient (Wildman–Crippen LogP) is 3.74. The third kappa shape index (κ3) is 2.57. The van der Waals surface area contributed by atoms with Crippen molar-refractivity contribution in [2.75, 3.05) is 20.8 Å². The van der Waals surface area contributed by atoms with Crippen molar-refractivity contribution in [1.29, 1.82) is 0 Å². The van der Waals surface area contributed by atoms with Crippen molar-refractivity contribution < 1.29 is 14.3 Å². The maximum Gasteiger partial charge on any atom is 0.258 e. The first kappa shape index (κ1) is 14.9. The summed E-state index contributed by atoms with van der Waals surface area (Å²) in [6, 6.07) is 9.73. The Morgan fingerprint density at radius 2 is 2.09 bits per heavy atom. The van der Waals surface area contributed by atoms with Crippen LogP contribution in [-0.2, 0) is 0 Å². The summed E-state index contributed by atoms with van der Waals surface area (Å²) in [7, 11) is 3.14. The zero-order chi connectivity index (χ0) is 15.5. The normalized spacial score (nSPS) is 17.5. The lowest BCUT2D eigenvalue weighted by Crippen LogP contribution is -2.30. The third-order valence-electron chi connectivity index (χ3n) is 4.02. The molecule has 1 aliphatic heterocycles. The highest BCUT2D eigenvalue weighted by Gasteiger charge is 2.32. The summed E-state index contributed by atoms with van der Waals surface area (Å²) in [5.74, 6) is 1.10. The molecule has 116 valence electrons. The molecule has 0 bridgehead atoms. The van der Waals surface area contributed by atoms with Gasteiger partial charge in [-0.15, -0.1) is 11.3 Å². The molecule has 0 radical (unpaired) electrons. The van der Waals surface area contributed by atoms with Gasteiger partial charge in [0.15, 0.2) is 11.5 Å². The van der Waals surface area contributed by atoms with E-state index in [-0.39, 0.29) is 11.9 Å². The number of thiophene rings is 1. The molecule has 5 heteroatoms. The molecule has 0 unspecified atom stereocenters. The first-order chi connectivity index (χ1) is 10.8. The standard InChI is InChI=1S/C17H19NO3S/c1-20-14-8-3-6-12(16(14)21-2)17(19)18-10-4-7-13(18)15-9-5-11-22-15/h3,5-6,8-9,11,13H,4,7,10H2,1-2H3/t13-/m1/s1. The maximum atomic E-state index is 13.0. The smallest absolute Gasteiger partial charge is 0.258 e. The predicted molar refractivity (Wildman–Crippen MR) is 86.9 cm³/mol. The number of likely N-dealkylation sites (tertiary alicyclic amines) is 1. The van der Waals surface area contributed by atoms with Gasteiger partial charge in [0, 0.05) is 11.4 Å². The molecule has 1 fully saturated rings. The number of methoxy groups -OCH3 is 2. The number of carbonyl (C=O) groups excluding carboxylic acids is 1. The Kier molecular flexibility index (Phi) is 4.34. The molecule has 1 saturated heterocycles. The minimum Gasteiger partial charge on any atom is -0.493 e. The second kappa shape index (κ2) is 6.40. The van der Waals surface area contributed by atoms with Crippen LogP contribution in [0.3, 0.4) is 0 Å². The summed E-state index contributed by atoms with van der Waals surface area (Å²) in [4.78, 5) is 16.2. The second-order valence-corrected chi connectivity index (χ2v) is 6.19. The Labute approximate surface area is 134 Å². The van der Waals surface area contributed by atoms with Crippen LogP contribution in [0.1, 0.15) is 34.1 Å². The molecule has 3 rings (SSSR count). The van der Waals surface area contributed by atoms with Gasteiger partial charge in [-0.3, -0.25) is 4.79 Å². The Morgan fingerprint density at radius 1 is 1.23 bits per heavy atom. The number of nitrogens with zero attached hydrogens (tertiary/aromatic N) is 1. The quantitative estimate of drug-likeness (QED) is 0.862. The number of rotatable bonds is 4. The zero-order valence-corrected chi connectivity index (χ0v) is 13.6. The molecule has 1 amide bonds. The summed E-state index contributed by atoms with van der Waals surface area (Å²) in [6.45, 7) is 0.780. The molecule has 1 aromatic carbocycles. The molecule has 1 aromatic heterocycles. The third-order valence-corrected chi connectivity index (χ3v) is 4.99. The Bertz CT molecular complexity index is 654. The van der Waals surface area contributed by atoms with Crippen LogP contribution in [0, 0.1) is 0 Å². The van der Waals surface area contributed by atoms with E-state index in [1.54, 1.807) is 37.7 Å². The van der Waals surface area contributed by atoms with Gasteiger partial charge in [0.2, 0.25) is 0 Å². The van der Waals surface area contributed by atoms with Gasteiger partial charge in [-0.05, 0) is 36.4 Å². The van der Waals surface area contributed by atoms with Crippen LogP contribution < -0.4 is 9.47 Å². The highest BCUT2D eigenvalue weighted by Crippen LogP contribution is 2.38. The first-order valence-corrected chi connectivity index (χ1v) is 8.19. The summed E-state index contributed by atoms with van der Waals surface area (Å²) < 4.78 is 10.7. The fraction of sp³-hybridized carbons (Fsp3) is 0.353. The van der Waals surface area contributed by atoms with Gasteiger partial charge in [0.1, 0.15) is 0 Å². The first-order valence-electron chi connectivity index (χ1n) is 7.31. The molecule has 2 heterocycles. The molecular weight excluding hydrogens is 298 g/mol. The number of hydrogen-bond acceptors (Lipinski definition) is 4. The van der Waals surface area contributed by atoms with Gasteiger partial charge in [-0.2, -0.15) is 0 Å². The summed E-state index contributed by atoms with van der Waals surface area (Å²) in [5.41, 5.74) is 0.560. The lowest BCUT2D eigenvalue weighted by molar-refractivity contribution is 0.0734. The van der Waals surface area contributed by atoms with Crippen LogP contribution in [0.25, 0.3) is 0 Å². The fourth-order valence-electron chi connectivity index (χ4n) is 3.00. The Hall–Kier alpha value is -2.01. The molecule has 2 aromatic rings. The number of carbonyl (C=O) groups is 1. The van der Waals surface area contributed by atoms with Crippen LogP contribution in [0.5, 0.6) is 11.5 Å². The number of para-hydroxylation sites is 1. The van der Waals surface area contributed by atoms with Gasteiger partial charge in [0.25, 0.3) is 5.91 Å². The van der Waals surface area contributed by atoms with Gasteiger partial charge < -0.3 is 14.4 Å². The largest absolute Gasteiger partial charge is 0.493 e. The van der Waals surface area contributed by atoms with Gasteiger partial charge in [-0.1, -0.05) is 12.1 Å². The van der Waals surface area contributed by atoms with Crippen LogP contribution >= 0.6 is 11.3 Å². The van der Waals surface area contributed by atoms with Crippen LogP contribution in [-0.4, -0.2) is 31.6 Å². The van der Waals surface area contributed by atoms with Crippen molar-refractivity contribution in [3.05, 3.63) is 46.2 Å². The van der Waals surface area contributed by atoms with Crippen molar-refractivity contribution in [1.82, 2.24) is 4.90 Å². The molecule has 0 aliphatic carbocycles.